The van der Waals surface area contributed by atoms with Crippen LogP contribution in [0, 0.1) is 19.8 Å². The number of rotatable bonds is 4. The summed E-state index contributed by atoms with van der Waals surface area (Å²) in [5.74, 6) is 0.977. The Morgan fingerprint density at radius 3 is 2.86 bits per heavy atom. The van der Waals surface area contributed by atoms with Gasteiger partial charge in [-0.1, -0.05) is 19.4 Å². The van der Waals surface area contributed by atoms with Crippen molar-refractivity contribution in [2.45, 2.75) is 46.5 Å². The van der Waals surface area contributed by atoms with E-state index in [0.717, 1.165) is 30.5 Å². The van der Waals surface area contributed by atoms with Crippen molar-refractivity contribution in [1.29, 1.82) is 0 Å². The quantitative estimate of drug-likeness (QED) is 0.864. The summed E-state index contributed by atoms with van der Waals surface area (Å²) in [7, 11) is 0. The molecule has 0 aromatic heterocycles. The molecule has 0 bridgehead atoms. The van der Waals surface area contributed by atoms with Gasteiger partial charge < -0.3 is 4.74 Å². The van der Waals surface area contributed by atoms with Crippen LogP contribution in [0.25, 0.3) is 0 Å². The van der Waals surface area contributed by atoms with Gasteiger partial charge in [-0.2, -0.15) is 5.10 Å². The minimum absolute atomic E-state index is 0.00629. The Balaban J connectivity index is 1.81. The van der Waals surface area contributed by atoms with Crippen LogP contribution in [0.2, 0.25) is 0 Å². The first-order valence-corrected chi connectivity index (χ1v) is 7.61. The monoisotopic (exact) mass is 288 g/mol. The predicted molar refractivity (Wildman–Crippen MR) is 84.6 cm³/mol. The molecule has 1 aromatic carbocycles. The van der Waals surface area contributed by atoms with Gasteiger partial charge in [0.05, 0.1) is 0 Å². The highest BCUT2D eigenvalue weighted by atomic mass is 16.5. The third-order valence-corrected chi connectivity index (χ3v) is 4.06. The normalized spacial score (nSPS) is 20.3. The van der Waals surface area contributed by atoms with Crippen LogP contribution in [0.4, 0.5) is 0 Å². The Bertz CT molecular complexity index is 538. The van der Waals surface area contributed by atoms with Crippen LogP contribution in [0.1, 0.15) is 43.7 Å². The molecule has 114 valence electrons. The number of nitrogens with zero attached hydrogens (tertiary/aromatic N) is 1. The molecule has 1 aromatic rings. The van der Waals surface area contributed by atoms with Crippen LogP contribution in [0.5, 0.6) is 5.75 Å². The fourth-order valence-electron chi connectivity index (χ4n) is 2.45. The second-order valence-corrected chi connectivity index (χ2v) is 5.82. The maximum absolute atomic E-state index is 11.8. The van der Waals surface area contributed by atoms with Crippen molar-refractivity contribution in [2.24, 2.45) is 11.0 Å². The molecule has 0 heterocycles. The summed E-state index contributed by atoms with van der Waals surface area (Å²) in [5.41, 5.74) is 6.07. The van der Waals surface area contributed by atoms with Gasteiger partial charge in [-0.25, -0.2) is 5.43 Å². The zero-order chi connectivity index (χ0) is 15.2. The number of amides is 1. The van der Waals surface area contributed by atoms with Crippen LogP contribution in [0.3, 0.4) is 0 Å². The standard InChI is InChI=1S/C17H24N2O2/c1-12-8-9-15(10-14(12)3)21-11-17(20)19-18-16-7-5-4-6-13(16)2/h8-10,13H,4-7,11H2,1-3H3,(H,19,20)/b18-16-/t13-/m0/s1. The highest BCUT2D eigenvalue weighted by Crippen LogP contribution is 2.20. The van der Waals surface area contributed by atoms with Crippen LogP contribution >= 0.6 is 0 Å². The molecule has 0 unspecified atom stereocenters. The number of carbonyl (C=O) groups excluding carboxylic acids is 1. The van der Waals surface area contributed by atoms with Gasteiger partial charge in [0.15, 0.2) is 6.61 Å². The molecule has 1 aliphatic carbocycles. The van der Waals surface area contributed by atoms with E-state index in [2.05, 4.69) is 17.5 Å². The highest BCUT2D eigenvalue weighted by molar-refractivity contribution is 5.88. The molecule has 1 aliphatic rings. The molecule has 0 radical (unpaired) electrons. The Morgan fingerprint density at radius 1 is 1.33 bits per heavy atom. The lowest BCUT2D eigenvalue weighted by Gasteiger charge is -2.19. The van der Waals surface area contributed by atoms with Crippen molar-refractivity contribution in [3.05, 3.63) is 29.3 Å². The number of carbonyl (C=O) groups is 1. The summed E-state index contributed by atoms with van der Waals surface area (Å²) < 4.78 is 5.49. The number of ether oxygens (including phenoxy) is 1. The van der Waals surface area contributed by atoms with Crippen molar-refractivity contribution in [2.75, 3.05) is 6.61 Å². The molecule has 0 saturated heterocycles. The third kappa shape index (κ3) is 4.59. The lowest BCUT2D eigenvalue weighted by molar-refractivity contribution is -0.123. The first-order chi connectivity index (χ1) is 10.1. The Labute approximate surface area is 126 Å². The van der Waals surface area contributed by atoms with Gasteiger partial charge in [0.2, 0.25) is 0 Å². The van der Waals surface area contributed by atoms with E-state index in [-0.39, 0.29) is 12.5 Å². The molecule has 4 heteroatoms. The van der Waals surface area contributed by atoms with E-state index in [1.54, 1.807) is 0 Å². The summed E-state index contributed by atoms with van der Waals surface area (Å²) in [6.07, 6.45) is 4.56. The zero-order valence-corrected chi connectivity index (χ0v) is 13.1. The molecular formula is C17H24N2O2. The molecule has 0 aliphatic heterocycles. The lowest BCUT2D eigenvalue weighted by Crippen LogP contribution is -2.28. The van der Waals surface area contributed by atoms with E-state index in [9.17, 15) is 4.79 Å². The molecule has 2 rings (SSSR count). The number of hydrogen-bond donors (Lipinski definition) is 1. The van der Waals surface area contributed by atoms with Crippen LogP contribution in [0.15, 0.2) is 23.3 Å². The van der Waals surface area contributed by atoms with Crippen molar-refractivity contribution in [3.8, 4) is 5.75 Å². The molecule has 4 nitrogen and oxygen atoms in total. The number of nitrogens with one attached hydrogen (secondary N) is 1. The van der Waals surface area contributed by atoms with Gasteiger partial charge in [-0.15, -0.1) is 0 Å². The maximum Gasteiger partial charge on any atom is 0.277 e. The summed E-state index contributed by atoms with van der Waals surface area (Å²) >= 11 is 0. The summed E-state index contributed by atoms with van der Waals surface area (Å²) in [5, 5.41) is 4.25. The average Bonchev–Trinajstić information content (AvgIpc) is 2.47. The molecule has 21 heavy (non-hydrogen) atoms. The molecule has 1 amide bonds. The fourth-order valence-corrected chi connectivity index (χ4v) is 2.45. The number of aryl methyl sites for hydroxylation is 2. The van der Waals surface area contributed by atoms with Gasteiger partial charge in [0, 0.05) is 5.71 Å². The van der Waals surface area contributed by atoms with Crippen LogP contribution < -0.4 is 10.2 Å². The molecule has 0 spiro atoms. The van der Waals surface area contributed by atoms with E-state index < -0.39 is 0 Å². The first kappa shape index (κ1) is 15.5. The lowest BCUT2D eigenvalue weighted by atomic mass is 9.89. The van der Waals surface area contributed by atoms with Crippen LogP contribution in [-0.2, 0) is 4.79 Å². The van der Waals surface area contributed by atoms with E-state index in [0.29, 0.717) is 11.7 Å². The van der Waals surface area contributed by atoms with Gasteiger partial charge in [0.1, 0.15) is 5.75 Å². The first-order valence-electron chi connectivity index (χ1n) is 7.61. The fraction of sp³-hybridized carbons (Fsp3) is 0.529. The average molecular weight is 288 g/mol. The summed E-state index contributed by atoms with van der Waals surface area (Å²) in [4.78, 5) is 11.8. The Hall–Kier alpha value is -1.84. The second kappa shape index (κ2) is 7.25. The van der Waals surface area contributed by atoms with E-state index in [1.807, 2.05) is 32.0 Å². The summed E-state index contributed by atoms with van der Waals surface area (Å²) in [6, 6.07) is 5.81. The minimum Gasteiger partial charge on any atom is -0.484 e. The van der Waals surface area contributed by atoms with E-state index in [1.165, 1.54) is 12.0 Å². The molecule has 1 saturated carbocycles. The van der Waals surface area contributed by atoms with Crippen molar-refractivity contribution < 1.29 is 9.53 Å². The molecule has 1 N–H and O–H groups in total. The van der Waals surface area contributed by atoms with Gasteiger partial charge >= 0.3 is 0 Å². The smallest absolute Gasteiger partial charge is 0.277 e. The number of benzene rings is 1. The van der Waals surface area contributed by atoms with Crippen LogP contribution in [-0.4, -0.2) is 18.2 Å². The SMILES string of the molecule is Cc1ccc(OCC(=O)N/N=C2/CCCC[C@@H]2C)cc1C. The summed E-state index contributed by atoms with van der Waals surface area (Å²) in [6.45, 7) is 6.23. The largest absolute Gasteiger partial charge is 0.484 e. The van der Waals surface area contributed by atoms with E-state index in [4.69, 9.17) is 4.74 Å². The number of hydrazone groups is 1. The Kier molecular flexibility index (Phi) is 5.37. The van der Waals surface area contributed by atoms with Gasteiger partial charge in [-0.05, 0) is 62.3 Å². The Morgan fingerprint density at radius 2 is 2.14 bits per heavy atom. The second-order valence-electron chi connectivity index (χ2n) is 5.82. The van der Waals surface area contributed by atoms with Gasteiger partial charge in [-0.3, -0.25) is 4.79 Å². The van der Waals surface area contributed by atoms with E-state index >= 15 is 0 Å². The third-order valence-electron chi connectivity index (χ3n) is 4.06. The van der Waals surface area contributed by atoms with Gasteiger partial charge in [0.25, 0.3) is 5.91 Å². The molecular weight excluding hydrogens is 264 g/mol. The predicted octanol–water partition coefficient (Wildman–Crippen LogP) is 3.36. The maximum atomic E-state index is 11.8. The van der Waals surface area contributed by atoms with Crippen molar-refractivity contribution in [1.82, 2.24) is 5.43 Å². The van der Waals surface area contributed by atoms with Crippen molar-refractivity contribution in [3.63, 3.8) is 0 Å². The minimum atomic E-state index is -0.210. The topological polar surface area (TPSA) is 50.7 Å². The zero-order valence-electron chi connectivity index (χ0n) is 13.1. The molecule has 1 fully saturated rings. The number of hydrogen-bond acceptors (Lipinski definition) is 3. The van der Waals surface area contributed by atoms with Crippen molar-refractivity contribution >= 4 is 11.6 Å². The highest BCUT2D eigenvalue weighted by Gasteiger charge is 2.16. The molecule has 1 atom stereocenters.